The Balaban J connectivity index is 1.76. The average Bonchev–Trinajstić information content (AvgIpc) is 3.11. The summed E-state index contributed by atoms with van der Waals surface area (Å²) in [6.45, 7) is 4.23. The molecular weight excluding hydrogens is 250 g/mol. The number of nitrogens with two attached hydrogens (primary N) is 1. The van der Waals surface area contributed by atoms with Crippen molar-refractivity contribution in [3.63, 3.8) is 0 Å². The van der Waals surface area contributed by atoms with Crippen molar-refractivity contribution in [2.24, 2.45) is 11.7 Å². The maximum Gasteiger partial charge on any atom is 0.243 e. The van der Waals surface area contributed by atoms with Crippen molar-refractivity contribution in [3.05, 3.63) is 47.1 Å². The van der Waals surface area contributed by atoms with Crippen LogP contribution in [0.2, 0.25) is 0 Å². The smallest absolute Gasteiger partial charge is 0.243 e. The van der Waals surface area contributed by atoms with Crippen LogP contribution in [0.4, 0.5) is 0 Å². The fraction of sp³-hybridized carbons (Fsp3) is 0.500. The van der Waals surface area contributed by atoms with Crippen LogP contribution in [0.25, 0.3) is 0 Å². The van der Waals surface area contributed by atoms with Gasteiger partial charge in [0, 0.05) is 5.92 Å². The highest BCUT2D eigenvalue weighted by Gasteiger charge is 2.28. The molecular formula is C16H21N3O. The van der Waals surface area contributed by atoms with E-state index in [1.165, 1.54) is 11.1 Å². The third kappa shape index (κ3) is 2.36. The molecule has 106 valence electrons. The minimum absolute atomic E-state index is 0.162. The van der Waals surface area contributed by atoms with Gasteiger partial charge < -0.3 is 10.3 Å². The van der Waals surface area contributed by atoms with Gasteiger partial charge in [0.05, 0.1) is 6.04 Å². The lowest BCUT2D eigenvalue weighted by molar-refractivity contribution is 0.309. The van der Waals surface area contributed by atoms with E-state index < -0.39 is 0 Å². The van der Waals surface area contributed by atoms with E-state index in [0.29, 0.717) is 17.7 Å². The Morgan fingerprint density at radius 2 is 1.95 bits per heavy atom. The summed E-state index contributed by atoms with van der Waals surface area (Å²) in [7, 11) is 0. The molecule has 0 spiro atoms. The molecule has 1 unspecified atom stereocenters. The molecule has 2 atom stereocenters. The van der Waals surface area contributed by atoms with Gasteiger partial charge in [-0.2, -0.15) is 4.98 Å². The second-order valence-corrected chi connectivity index (χ2v) is 5.78. The van der Waals surface area contributed by atoms with Gasteiger partial charge in [0.15, 0.2) is 5.82 Å². The maximum absolute atomic E-state index is 6.15. The Hall–Kier alpha value is -1.68. The molecule has 0 radical (unpaired) electrons. The van der Waals surface area contributed by atoms with Gasteiger partial charge in [-0.3, -0.25) is 0 Å². The zero-order valence-corrected chi connectivity index (χ0v) is 12.0. The molecule has 0 saturated heterocycles. The van der Waals surface area contributed by atoms with Gasteiger partial charge in [0.1, 0.15) is 0 Å². The number of benzene rings is 1. The lowest BCUT2D eigenvalue weighted by Gasteiger charge is -2.13. The van der Waals surface area contributed by atoms with Crippen molar-refractivity contribution in [2.75, 3.05) is 0 Å². The van der Waals surface area contributed by atoms with Crippen LogP contribution in [0.5, 0.6) is 0 Å². The van der Waals surface area contributed by atoms with Crippen LogP contribution >= 0.6 is 0 Å². The predicted octanol–water partition coefficient (Wildman–Crippen LogP) is 3.00. The molecule has 1 aliphatic carbocycles. The molecule has 0 bridgehead atoms. The van der Waals surface area contributed by atoms with Gasteiger partial charge in [-0.25, -0.2) is 0 Å². The van der Waals surface area contributed by atoms with E-state index in [4.69, 9.17) is 10.3 Å². The fourth-order valence-corrected chi connectivity index (χ4v) is 2.79. The molecule has 1 aliphatic rings. The molecule has 0 fully saturated rings. The molecule has 2 N–H and O–H groups in total. The summed E-state index contributed by atoms with van der Waals surface area (Å²) in [5.74, 6) is 2.05. The van der Waals surface area contributed by atoms with Gasteiger partial charge in [0.25, 0.3) is 0 Å². The molecule has 1 heterocycles. The van der Waals surface area contributed by atoms with Crippen LogP contribution in [0.15, 0.2) is 28.8 Å². The molecule has 20 heavy (non-hydrogen) atoms. The minimum Gasteiger partial charge on any atom is -0.338 e. The van der Waals surface area contributed by atoms with E-state index in [-0.39, 0.29) is 6.04 Å². The number of rotatable bonds is 4. The zero-order valence-electron chi connectivity index (χ0n) is 12.0. The van der Waals surface area contributed by atoms with Crippen molar-refractivity contribution in [1.29, 1.82) is 0 Å². The Labute approximate surface area is 119 Å². The van der Waals surface area contributed by atoms with Crippen LogP contribution in [0.3, 0.4) is 0 Å². The van der Waals surface area contributed by atoms with E-state index in [1.54, 1.807) is 0 Å². The maximum atomic E-state index is 6.15. The van der Waals surface area contributed by atoms with Crippen molar-refractivity contribution < 1.29 is 4.52 Å². The Morgan fingerprint density at radius 1 is 1.30 bits per heavy atom. The summed E-state index contributed by atoms with van der Waals surface area (Å²) in [4.78, 5) is 4.54. The summed E-state index contributed by atoms with van der Waals surface area (Å²) in [5, 5.41) is 4.15. The minimum atomic E-state index is -0.162. The Morgan fingerprint density at radius 3 is 2.55 bits per heavy atom. The Kier molecular flexibility index (Phi) is 3.57. The lowest BCUT2D eigenvalue weighted by atomic mass is 10.00. The number of nitrogens with zero attached hydrogens (tertiary/aromatic N) is 2. The monoisotopic (exact) mass is 271 g/mol. The first-order valence-electron chi connectivity index (χ1n) is 7.35. The third-order valence-corrected chi connectivity index (χ3v) is 4.42. The van der Waals surface area contributed by atoms with Gasteiger partial charge in [0.2, 0.25) is 5.89 Å². The second-order valence-electron chi connectivity index (χ2n) is 5.78. The topological polar surface area (TPSA) is 64.9 Å². The molecule has 0 aliphatic heterocycles. The van der Waals surface area contributed by atoms with Crippen LogP contribution in [0, 0.1) is 5.92 Å². The van der Waals surface area contributed by atoms with E-state index in [2.05, 4.69) is 48.3 Å². The van der Waals surface area contributed by atoms with Crippen LogP contribution < -0.4 is 5.73 Å². The first-order chi connectivity index (χ1) is 9.69. The van der Waals surface area contributed by atoms with Crippen molar-refractivity contribution >= 4 is 0 Å². The van der Waals surface area contributed by atoms with E-state index >= 15 is 0 Å². The summed E-state index contributed by atoms with van der Waals surface area (Å²) >= 11 is 0. The number of aromatic nitrogens is 2. The fourth-order valence-electron chi connectivity index (χ4n) is 2.79. The van der Waals surface area contributed by atoms with E-state index in [1.807, 2.05) is 0 Å². The second kappa shape index (κ2) is 5.37. The normalized spacial score (nSPS) is 17.9. The quantitative estimate of drug-likeness (QED) is 0.928. The lowest BCUT2D eigenvalue weighted by Crippen LogP contribution is -2.19. The van der Waals surface area contributed by atoms with Crippen molar-refractivity contribution in [3.8, 4) is 0 Å². The SMILES string of the molecule is CCC(C)[C@H](N)c1nc(C2Cc3ccccc3C2)no1. The largest absolute Gasteiger partial charge is 0.338 e. The highest BCUT2D eigenvalue weighted by Crippen LogP contribution is 2.33. The highest BCUT2D eigenvalue weighted by atomic mass is 16.5. The zero-order chi connectivity index (χ0) is 14.1. The Bertz CT molecular complexity index is 568. The molecule has 1 aromatic heterocycles. The molecule has 2 aromatic rings. The van der Waals surface area contributed by atoms with E-state index in [9.17, 15) is 0 Å². The summed E-state index contributed by atoms with van der Waals surface area (Å²) < 4.78 is 5.37. The highest BCUT2D eigenvalue weighted by molar-refractivity contribution is 5.34. The van der Waals surface area contributed by atoms with Crippen LogP contribution in [-0.4, -0.2) is 10.1 Å². The van der Waals surface area contributed by atoms with Gasteiger partial charge in [-0.05, 0) is 29.9 Å². The first-order valence-corrected chi connectivity index (χ1v) is 7.35. The van der Waals surface area contributed by atoms with Gasteiger partial charge in [-0.1, -0.05) is 49.7 Å². The number of fused-ring (bicyclic) bond motifs is 1. The number of hydrogen-bond donors (Lipinski definition) is 1. The van der Waals surface area contributed by atoms with Crippen LogP contribution in [0.1, 0.15) is 55.1 Å². The molecule has 4 nitrogen and oxygen atoms in total. The van der Waals surface area contributed by atoms with Crippen LogP contribution in [-0.2, 0) is 12.8 Å². The summed E-state index contributed by atoms with van der Waals surface area (Å²) in [5.41, 5.74) is 8.95. The van der Waals surface area contributed by atoms with Gasteiger partial charge >= 0.3 is 0 Å². The molecule has 0 amide bonds. The van der Waals surface area contributed by atoms with Crippen molar-refractivity contribution in [1.82, 2.24) is 10.1 Å². The van der Waals surface area contributed by atoms with E-state index in [0.717, 1.165) is 25.1 Å². The molecule has 3 rings (SSSR count). The average molecular weight is 271 g/mol. The first kappa shape index (κ1) is 13.3. The van der Waals surface area contributed by atoms with Gasteiger partial charge in [-0.15, -0.1) is 0 Å². The standard InChI is InChI=1S/C16H21N3O/c1-3-10(2)14(17)16-18-15(19-20-16)13-8-11-6-4-5-7-12(11)9-13/h4-7,10,13-14H,3,8-9,17H2,1-2H3/t10?,14-/m0/s1. The summed E-state index contributed by atoms with van der Waals surface area (Å²) in [6.07, 6.45) is 3.00. The molecule has 4 heteroatoms. The number of hydrogen-bond acceptors (Lipinski definition) is 4. The molecule has 1 aromatic carbocycles. The molecule has 0 saturated carbocycles. The predicted molar refractivity (Wildman–Crippen MR) is 77.3 cm³/mol. The third-order valence-electron chi connectivity index (χ3n) is 4.42. The summed E-state index contributed by atoms with van der Waals surface area (Å²) in [6, 6.07) is 8.37. The van der Waals surface area contributed by atoms with Crippen molar-refractivity contribution in [2.45, 2.75) is 45.1 Å².